The first-order valence-corrected chi connectivity index (χ1v) is 8.81. The Balaban J connectivity index is 1.73. The Morgan fingerprint density at radius 2 is 2.04 bits per heavy atom. The fraction of sp³-hybridized carbons (Fsp3) is 0.353. The molecule has 0 radical (unpaired) electrons. The van der Waals surface area contributed by atoms with Gasteiger partial charge in [-0.15, -0.1) is 11.3 Å². The van der Waals surface area contributed by atoms with Crippen LogP contribution in [0.2, 0.25) is 5.02 Å². The van der Waals surface area contributed by atoms with E-state index in [4.69, 9.17) is 11.6 Å². The van der Waals surface area contributed by atoms with Crippen LogP contribution < -0.4 is 0 Å². The molecule has 1 aromatic heterocycles. The number of amides is 1. The van der Waals surface area contributed by atoms with Crippen molar-refractivity contribution < 1.29 is 9.59 Å². The monoisotopic (exact) mass is 348 g/mol. The van der Waals surface area contributed by atoms with Crippen molar-refractivity contribution in [1.82, 2.24) is 9.88 Å². The number of benzene rings is 1. The average Bonchev–Trinajstić information content (AvgIpc) is 3.00. The molecule has 1 aromatic carbocycles. The van der Waals surface area contributed by atoms with Gasteiger partial charge in [0.05, 0.1) is 11.2 Å². The Morgan fingerprint density at radius 3 is 2.70 bits per heavy atom. The number of piperidine rings is 1. The minimum absolute atomic E-state index is 0.0152. The van der Waals surface area contributed by atoms with Crippen molar-refractivity contribution in [2.45, 2.75) is 19.8 Å². The Hall–Kier alpha value is -1.72. The first kappa shape index (κ1) is 16.1. The van der Waals surface area contributed by atoms with Crippen LogP contribution in [0.25, 0.3) is 0 Å². The lowest BCUT2D eigenvalue weighted by Crippen LogP contribution is -2.42. The topological polar surface area (TPSA) is 50.3 Å². The Bertz CT molecular complexity index is 726. The van der Waals surface area contributed by atoms with Crippen molar-refractivity contribution in [3.8, 4) is 0 Å². The number of carbonyl (C=O) groups excluding carboxylic acids is 2. The van der Waals surface area contributed by atoms with Crippen LogP contribution in [-0.2, 0) is 0 Å². The third-order valence-electron chi connectivity index (χ3n) is 4.15. The quantitative estimate of drug-likeness (QED) is 0.792. The highest BCUT2D eigenvalue weighted by Gasteiger charge is 2.30. The van der Waals surface area contributed by atoms with E-state index in [0.29, 0.717) is 28.6 Å². The molecule has 0 spiro atoms. The largest absolute Gasteiger partial charge is 0.337 e. The summed E-state index contributed by atoms with van der Waals surface area (Å²) in [6, 6.07) is 6.94. The van der Waals surface area contributed by atoms with E-state index in [2.05, 4.69) is 4.98 Å². The zero-order chi connectivity index (χ0) is 16.4. The van der Waals surface area contributed by atoms with E-state index in [-0.39, 0.29) is 17.6 Å². The van der Waals surface area contributed by atoms with E-state index in [1.165, 1.54) is 11.3 Å². The molecule has 1 saturated heterocycles. The van der Waals surface area contributed by atoms with E-state index < -0.39 is 0 Å². The molecule has 1 fully saturated rings. The Kier molecular flexibility index (Phi) is 4.78. The molecular formula is C17H17ClN2O2S. The van der Waals surface area contributed by atoms with Gasteiger partial charge < -0.3 is 4.90 Å². The molecule has 0 aliphatic carbocycles. The van der Waals surface area contributed by atoms with Crippen molar-refractivity contribution in [1.29, 1.82) is 0 Å². The fourth-order valence-corrected chi connectivity index (χ4v) is 3.77. The molecule has 1 aliphatic heterocycles. The molecule has 1 atom stereocenters. The van der Waals surface area contributed by atoms with Gasteiger partial charge in [0.25, 0.3) is 5.91 Å². The lowest BCUT2D eigenvalue weighted by Gasteiger charge is -2.31. The van der Waals surface area contributed by atoms with Gasteiger partial charge in [-0.25, -0.2) is 4.98 Å². The predicted molar refractivity (Wildman–Crippen MR) is 91.3 cm³/mol. The number of likely N-dealkylation sites (tertiary alicyclic amines) is 1. The van der Waals surface area contributed by atoms with Crippen LogP contribution in [0.15, 0.2) is 29.8 Å². The number of Topliss-reactive ketones (excluding diaryl/α,β-unsaturated/α-hetero) is 1. The van der Waals surface area contributed by atoms with Gasteiger partial charge in [0.1, 0.15) is 4.88 Å². The molecule has 2 heterocycles. The first-order chi connectivity index (χ1) is 11.1. The highest BCUT2D eigenvalue weighted by Crippen LogP contribution is 2.24. The van der Waals surface area contributed by atoms with Crippen molar-refractivity contribution in [2.75, 3.05) is 13.1 Å². The van der Waals surface area contributed by atoms with Gasteiger partial charge in [-0.1, -0.05) is 11.6 Å². The highest BCUT2D eigenvalue weighted by atomic mass is 35.5. The number of rotatable bonds is 3. The predicted octanol–water partition coefficient (Wildman–Crippen LogP) is 3.84. The minimum atomic E-state index is -0.151. The molecule has 6 heteroatoms. The molecule has 0 N–H and O–H groups in total. The van der Waals surface area contributed by atoms with Crippen molar-refractivity contribution in [3.05, 3.63) is 50.9 Å². The van der Waals surface area contributed by atoms with Crippen LogP contribution in [0.1, 0.15) is 38.6 Å². The summed E-state index contributed by atoms with van der Waals surface area (Å²) >= 11 is 7.23. The van der Waals surface area contributed by atoms with Crippen molar-refractivity contribution in [2.24, 2.45) is 5.92 Å². The Morgan fingerprint density at radius 1 is 1.30 bits per heavy atom. The number of hydrogen-bond donors (Lipinski definition) is 0. The number of aromatic nitrogens is 1. The Labute approximate surface area is 144 Å². The summed E-state index contributed by atoms with van der Waals surface area (Å²) in [6.45, 7) is 3.00. The van der Waals surface area contributed by atoms with Crippen molar-refractivity contribution in [3.63, 3.8) is 0 Å². The number of aryl methyl sites for hydroxylation is 1. The summed E-state index contributed by atoms with van der Waals surface area (Å²) in [5.74, 6) is -0.0825. The second-order valence-electron chi connectivity index (χ2n) is 5.73. The lowest BCUT2D eigenvalue weighted by molar-refractivity contribution is 0.0640. The number of thiazole rings is 1. The summed E-state index contributed by atoms with van der Waals surface area (Å²) in [6.07, 6.45) is 1.65. The normalized spacial score (nSPS) is 18.0. The maximum atomic E-state index is 12.6. The highest BCUT2D eigenvalue weighted by molar-refractivity contribution is 7.11. The summed E-state index contributed by atoms with van der Waals surface area (Å²) in [5, 5.41) is 0.614. The fourth-order valence-electron chi connectivity index (χ4n) is 2.88. The molecule has 1 amide bonds. The zero-order valence-corrected chi connectivity index (χ0v) is 14.4. The van der Waals surface area contributed by atoms with Gasteiger partial charge in [0, 0.05) is 29.6 Å². The SMILES string of the molecule is Cc1ncsc1C(=O)N1CCCC(C(=O)c2ccc(Cl)cc2)C1. The van der Waals surface area contributed by atoms with Gasteiger partial charge in [-0.3, -0.25) is 9.59 Å². The molecule has 1 aliphatic rings. The summed E-state index contributed by atoms with van der Waals surface area (Å²) in [5.41, 5.74) is 3.09. The maximum absolute atomic E-state index is 12.6. The third-order valence-corrected chi connectivity index (χ3v) is 5.32. The molecule has 4 nitrogen and oxygen atoms in total. The molecule has 3 rings (SSSR count). The number of ketones is 1. The van der Waals surface area contributed by atoms with E-state index in [0.717, 1.165) is 18.5 Å². The van der Waals surface area contributed by atoms with E-state index in [1.54, 1.807) is 34.7 Å². The lowest BCUT2D eigenvalue weighted by atomic mass is 9.90. The molecule has 0 saturated carbocycles. The second-order valence-corrected chi connectivity index (χ2v) is 7.02. The minimum Gasteiger partial charge on any atom is -0.337 e. The van der Waals surface area contributed by atoms with Crippen LogP contribution >= 0.6 is 22.9 Å². The van der Waals surface area contributed by atoms with Crippen LogP contribution in [0.4, 0.5) is 0 Å². The summed E-state index contributed by atoms with van der Waals surface area (Å²) in [4.78, 5) is 31.8. The molecule has 2 aromatic rings. The molecule has 1 unspecified atom stereocenters. The van der Waals surface area contributed by atoms with Crippen molar-refractivity contribution >= 4 is 34.6 Å². The van der Waals surface area contributed by atoms with Gasteiger partial charge in [-0.05, 0) is 44.0 Å². The molecule has 0 bridgehead atoms. The van der Waals surface area contributed by atoms with Crippen LogP contribution in [0, 0.1) is 12.8 Å². The molecule has 120 valence electrons. The van der Waals surface area contributed by atoms with E-state index in [1.807, 2.05) is 6.92 Å². The smallest absolute Gasteiger partial charge is 0.265 e. The van der Waals surface area contributed by atoms with Crippen LogP contribution in [0.3, 0.4) is 0 Å². The van der Waals surface area contributed by atoms with Gasteiger partial charge in [0.2, 0.25) is 0 Å². The number of hydrogen-bond acceptors (Lipinski definition) is 4. The van der Waals surface area contributed by atoms with E-state index >= 15 is 0 Å². The third kappa shape index (κ3) is 3.46. The molecule has 23 heavy (non-hydrogen) atoms. The maximum Gasteiger partial charge on any atom is 0.265 e. The summed E-state index contributed by atoms with van der Waals surface area (Å²) in [7, 11) is 0. The van der Waals surface area contributed by atoms with Gasteiger partial charge >= 0.3 is 0 Å². The number of carbonyl (C=O) groups is 2. The number of nitrogens with zero attached hydrogens (tertiary/aromatic N) is 2. The average molecular weight is 349 g/mol. The zero-order valence-electron chi connectivity index (χ0n) is 12.8. The summed E-state index contributed by atoms with van der Waals surface area (Å²) < 4.78 is 0. The number of halogens is 1. The second kappa shape index (κ2) is 6.81. The standard InChI is InChI=1S/C17H17ClN2O2S/c1-11-16(23-10-19-11)17(22)20-8-2-3-13(9-20)15(21)12-4-6-14(18)7-5-12/h4-7,10,13H,2-3,8-9H2,1H3. The van der Waals surface area contributed by atoms with Crippen LogP contribution in [0.5, 0.6) is 0 Å². The van der Waals surface area contributed by atoms with Crippen LogP contribution in [-0.4, -0.2) is 34.7 Å². The molecular weight excluding hydrogens is 332 g/mol. The van der Waals surface area contributed by atoms with Gasteiger partial charge in [-0.2, -0.15) is 0 Å². The van der Waals surface area contributed by atoms with E-state index in [9.17, 15) is 9.59 Å². The van der Waals surface area contributed by atoms with Gasteiger partial charge in [0.15, 0.2) is 5.78 Å². The first-order valence-electron chi connectivity index (χ1n) is 7.55.